The van der Waals surface area contributed by atoms with E-state index in [1.54, 1.807) is 0 Å². The van der Waals surface area contributed by atoms with Gasteiger partial charge in [-0.25, -0.2) is 0 Å². The molecule has 0 spiro atoms. The quantitative estimate of drug-likeness (QED) is 0.691. The summed E-state index contributed by atoms with van der Waals surface area (Å²) in [6.07, 6.45) is 5.27. The molecule has 0 aromatic carbocycles. The molecule has 1 fully saturated rings. The number of hydrogen-bond donors (Lipinski definition) is 1. The molecule has 0 aliphatic carbocycles. The van der Waals surface area contributed by atoms with Crippen molar-refractivity contribution in [2.45, 2.75) is 82.1 Å². The van der Waals surface area contributed by atoms with E-state index >= 15 is 0 Å². The van der Waals surface area contributed by atoms with E-state index in [0.717, 1.165) is 27.7 Å². The lowest BCUT2D eigenvalue weighted by molar-refractivity contribution is 0.364. The van der Waals surface area contributed by atoms with Gasteiger partial charge in [-0.15, -0.1) is 0 Å². The number of nitrogens with one attached hydrogen (secondary N) is 1. The van der Waals surface area contributed by atoms with Crippen molar-refractivity contribution in [1.82, 2.24) is 5.32 Å². The smallest absolute Gasteiger partial charge is 0.0294 e. The highest BCUT2D eigenvalue weighted by atomic mass is 32.2. The first-order valence-electron chi connectivity index (χ1n) is 8.12. The molecule has 0 saturated carbocycles. The Hall–Kier alpha value is 0.660. The van der Waals surface area contributed by atoms with Gasteiger partial charge in [-0.1, -0.05) is 47.5 Å². The zero-order valence-corrected chi connectivity index (χ0v) is 15.1. The molecule has 1 N–H and O–H groups in total. The Bertz CT molecular complexity index is 231. The van der Waals surface area contributed by atoms with Crippen molar-refractivity contribution in [2.24, 2.45) is 5.92 Å². The van der Waals surface area contributed by atoms with Crippen molar-refractivity contribution in [3.05, 3.63) is 0 Å². The molecule has 1 heterocycles. The molecule has 1 aliphatic heterocycles. The molecule has 1 rings (SSSR count). The molecular formula is C16H33NS2. The molecule has 3 heteroatoms. The van der Waals surface area contributed by atoms with Crippen LogP contribution in [-0.4, -0.2) is 34.1 Å². The molecule has 1 saturated heterocycles. The highest BCUT2D eigenvalue weighted by Crippen LogP contribution is 2.38. The largest absolute Gasteiger partial charge is 0.313 e. The first-order chi connectivity index (χ1) is 9.12. The molecule has 1 nitrogen and oxygen atoms in total. The lowest BCUT2D eigenvalue weighted by atomic mass is 9.93. The van der Waals surface area contributed by atoms with Gasteiger partial charge < -0.3 is 5.32 Å². The van der Waals surface area contributed by atoms with Gasteiger partial charge in [0.2, 0.25) is 0 Å². The van der Waals surface area contributed by atoms with Gasteiger partial charge in [0.1, 0.15) is 0 Å². The van der Waals surface area contributed by atoms with E-state index in [2.05, 4.69) is 63.5 Å². The average molecular weight is 304 g/mol. The third-order valence-electron chi connectivity index (χ3n) is 4.42. The maximum absolute atomic E-state index is 3.84. The highest BCUT2D eigenvalue weighted by Gasteiger charge is 2.31. The molecule has 1 aliphatic rings. The van der Waals surface area contributed by atoms with Crippen LogP contribution in [0.4, 0.5) is 0 Å². The van der Waals surface area contributed by atoms with E-state index in [-0.39, 0.29) is 0 Å². The van der Waals surface area contributed by atoms with E-state index in [1.807, 2.05) is 0 Å². The molecule has 0 bridgehead atoms. The molecule has 0 aromatic heterocycles. The first kappa shape index (κ1) is 17.7. The minimum absolute atomic E-state index is 0.720. The Morgan fingerprint density at radius 2 is 1.79 bits per heavy atom. The van der Waals surface area contributed by atoms with Crippen molar-refractivity contribution in [2.75, 3.05) is 12.3 Å². The summed E-state index contributed by atoms with van der Waals surface area (Å²) in [6.45, 7) is 12.9. The predicted molar refractivity (Wildman–Crippen MR) is 93.5 cm³/mol. The Kier molecular flexibility index (Phi) is 8.92. The summed E-state index contributed by atoms with van der Waals surface area (Å²) in [6, 6.07) is 0.720. The predicted octanol–water partition coefficient (Wildman–Crippen LogP) is 4.81. The van der Waals surface area contributed by atoms with Gasteiger partial charge in [-0.3, -0.25) is 0 Å². The summed E-state index contributed by atoms with van der Waals surface area (Å²) in [5.41, 5.74) is 0. The average Bonchev–Trinajstić information content (AvgIpc) is 2.42. The topological polar surface area (TPSA) is 12.0 Å². The van der Waals surface area contributed by atoms with Crippen LogP contribution in [-0.2, 0) is 0 Å². The van der Waals surface area contributed by atoms with Crippen molar-refractivity contribution >= 4 is 23.5 Å². The Morgan fingerprint density at radius 3 is 2.32 bits per heavy atom. The van der Waals surface area contributed by atoms with Crippen LogP contribution in [0.3, 0.4) is 0 Å². The summed E-state index contributed by atoms with van der Waals surface area (Å²) in [5.74, 6) is 2.23. The van der Waals surface area contributed by atoms with Crippen LogP contribution >= 0.6 is 23.5 Å². The lowest BCUT2D eigenvalue weighted by Crippen LogP contribution is -2.44. The Morgan fingerprint density at radius 1 is 1.11 bits per heavy atom. The third kappa shape index (κ3) is 5.89. The SMILES string of the molecule is CCCNC(CC(CC)CC)C1CSC(C)C(C)S1. The van der Waals surface area contributed by atoms with Crippen LogP contribution in [0.25, 0.3) is 0 Å². The van der Waals surface area contributed by atoms with Crippen LogP contribution < -0.4 is 5.32 Å². The molecule has 0 aromatic rings. The van der Waals surface area contributed by atoms with E-state index in [0.29, 0.717) is 0 Å². The summed E-state index contributed by atoms with van der Waals surface area (Å²) >= 11 is 4.41. The highest BCUT2D eigenvalue weighted by molar-refractivity contribution is 8.07. The molecule has 114 valence electrons. The van der Waals surface area contributed by atoms with Crippen LogP contribution in [0.15, 0.2) is 0 Å². The third-order valence-corrected chi connectivity index (χ3v) is 7.97. The van der Waals surface area contributed by atoms with Gasteiger partial charge in [-0.2, -0.15) is 23.5 Å². The molecule has 19 heavy (non-hydrogen) atoms. The second-order valence-electron chi connectivity index (χ2n) is 5.90. The lowest BCUT2D eigenvalue weighted by Gasteiger charge is -2.37. The van der Waals surface area contributed by atoms with E-state index in [4.69, 9.17) is 0 Å². The fourth-order valence-electron chi connectivity index (χ4n) is 2.70. The standard InChI is InChI=1S/C16H33NS2/c1-6-9-17-15(10-14(7-2)8-3)16-11-18-12(4)13(5)19-16/h12-17H,6-11H2,1-5H3. The van der Waals surface area contributed by atoms with Crippen molar-refractivity contribution in [1.29, 1.82) is 0 Å². The Labute approximate surface area is 129 Å². The molecule has 4 unspecified atom stereocenters. The summed E-state index contributed by atoms with van der Waals surface area (Å²) < 4.78 is 0. The fraction of sp³-hybridized carbons (Fsp3) is 1.00. The normalized spacial score (nSPS) is 29.7. The van der Waals surface area contributed by atoms with E-state index in [1.165, 1.54) is 38.0 Å². The Balaban J connectivity index is 2.56. The molecule has 0 radical (unpaired) electrons. The summed E-state index contributed by atoms with van der Waals surface area (Å²) in [7, 11) is 0. The van der Waals surface area contributed by atoms with E-state index in [9.17, 15) is 0 Å². The molecular weight excluding hydrogens is 270 g/mol. The van der Waals surface area contributed by atoms with Gasteiger partial charge in [0.25, 0.3) is 0 Å². The van der Waals surface area contributed by atoms with Gasteiger partial charge in [0.05, 0.1) is 0 Å². The van der Waals surface area contributed by atoms with Crippen molar-refractivity contribution in [3.63, 3.8) is 0 Å². The molecule has 0 amide bonds. The van der Waals surface area contributed by atoms with Crippen LogP contribution in [0.2, 0.25) is 0 Å². The van der Waals surface area contributed by atoms with Gasteiger partial charge in [0, 0.05) is 27.5 Å². The number of rotatable bonds is 8. The van der Waals surface area contributed by atoms with Gasteiger partial charge >= 0.3 is 0 Å². The van der Waals surface area contributed by atoms with E-state index < -0.39 is 0 Å². The second kappa shape index (κ2) is 9.57. The minimum Gasteiger partial charge on any atom is -0.313 e. The minimum atomic E-state index is 0.720. The van der Waals surface area contributed by atoms with Crippen LogP contribution in [0.1, 0.15) is 60.3 Å². The second-order valence-corrected chi connectivity index (χ2v) is 8.93. The zero-order valence-electron chi connectivity index (χ0n) is 13.4. The summed E-state index contributed by atoms with van der Waals surface area (Å²) in [4.78, 5) is 0. The number of thioether (sulfide) groups is 2. The van der Waals surface area contributed by atoms with Crippen molar-refractivity contribution in [3.8, 4) is 0 Å². The zero-order chi connectivity index (χ0) is 14.3. The summed E-state index contributed by atoms with van der Waals surface area (Å²) in [5, 5.41) is 6.27. The van der Waals surface area contributed by atoms with Gasteiger partial charge in [-0.05, 0) is 25.3 Å². The maximum Gasteiger partial charge on any atom is 0.0294 e. The fourth-order valence-corrected chi connectivity index (χ4v) is 5.84. The molecule has 4 atom stereocenters. The maximum atomic E-state index is 3.84. The van der Waals surface area contributed by atoms with Crippen LogP contribution in [0, 0.1) is 5.92 Å². The number of hydrogen-bond acceptors (Lipinski definition) is 3. The monoisotopic (exact) mass is 303 g/mol. The van der Waals surface area contributed by atoms with Gasteiger partial charge in [0.15, 0.2) is 0 Å². The van der Waals surface area contributed by atoms with Crippen LogP contribution in [0.5, 0.6) is 0 Å². The van der Waals surface area contributed by atoms with Crippen molar-refractivity contribution < 1.29 is 0 Å². The first-order valence-corrected chi connectivity index (χ1v) is 10.1.